The average molecular weight is 507 g/mol. The minimum absolute atomic E-state index is 0.143. The molecular weight excluding hydrogens is 488 g/mol. The van der Waals surface area contributed by atoms with Crippen LogP contribution in [-0.4, -0.2) is 10.5 Å². The van der Waals surface area contributed by atoms with Gasteiger partial charge in [-0.15, -0.1) is 11.3 Å². The van der Waals surface area contributed by atoms with E-state index in [4.69, 9.17) is 16.3 Å². The van der Waals surface area contributed by atoms with Gasteiger partial charge in [-0.2, -0.15) is 0 Å². The molecule has 34 heavy (non-hydrogen) atoms. The molecule has 8 heteroatoms. The highest BCUT2D eigenvalue weighted by Crippen LogP contribution is 2.33. The Morgan fingerprint density at radius 1 is 1.12 bits per heavy atom. The lowest BCUT2D eigenvalue weighted by atomic mass is 10.0. The molecule has 0 N–H and O–H groups in total. The summed E-state index contributed by atoms with van der Waals surface area (Å²) in [7, 11) is 0. The van der Waals surface area contributed by atoms with Crippen molar-refractivity contribution >= 4 is 46.3 Å². The normalized spacial score (nSPS) is 15.7. The summed E-state index contributed by atoms with van der Waals surface area (Å²) >= 11 is 9.08. The second kappa shape index (κ2) is 9.54. The highest BCUT2D eigenvalue weighted by Gasteiger charge is 2.34. The molecule has 170 valence electrons. The van der Waals surface area contributed by atoms with E-state index >= 15 is 0 Å². The molecule has 1 atom stereocenters. The molecule has 0 amide bonds. The van der Waals surface area contributed by atoms with Crippen LogP contribution in [0.2, 0.25) is 5.02 Å². The second-order valence-electron chi connectivity index (χ2n) is 7.68. The summed E-state index contributed by atoms with van der Waals surface area (Å²) in [6.07, 6.45) is 1.77. The largest absolute Gasteiger partial charge is 0.457 e. The molecule has 2 aromatic carbocycles. The maximum Gasteiger partial charge on any atom is 0.338 e. The SMILES string of the molecule is CC1=C(C(=O)OCc2ccccc2)C(c2cccs2)n2c(sc(=Cc3ccccc3Cl)c2=O)=N1. The van der Waals surface area contributed by atoms with Crippen molar-refractivity contribution in [2.75, 3.05) is 0 Å². The Morgan fingerprint density at radius 2 is 1.88 bits per heavy atom. The Hall–Kier alpha value is -3.26. The topological polar surface area (TPSA) is 60.7 Å². The van der Waals surface area contributed by atoms with E-state index < -0.39 is 12.0 Å². The minimum atomic E-state index is -0.604. The first-order valence-corrected chi connectivity index (χ1v) is 12.6. The Morgan fingerprint density at radius 3 is 2.62 bits per heavy atom. The number of carbonyl (C=O) groups is 1. The first-order chi connectivity index (χ1) is 16.5. The fourth-order valence-corrected chi connectivity index (χ4v) is 5.88. The molecule has 5 nitrogen and oxygen atoms in total. The predicted molar refractivity (Wildman–Crippen MR) is 136 cm³/mol. The minimum Gasteiger partial charge on any atom is -0.457 e. The van der Waals surface area contributed by atoms with Gasteiger partial charge in [0, 0.05) is 9.90 Å². The van der Waals surface area contributed by atoms with Gasteiger partial charge in [0.05, 0.1) is 15.8 Å². The number of hydrogen-bond acceptors (Lipinski definition) is 6. The van der Waals surface area contributed by atoms with Crippen LogP contribution < -0.4 is 14.9 Å². The van der Waals surface area contributed by atoms with Gasteiger partial charge >= 0.3 is 5.97 Å². The molecule has 5 rings (SSSR count). The number of benzene rings is 2. The summed E-state index contributed by atoms with van der Waals surface area (Å²) in [5.41, 5.74) is 2.33. The van der Waals surface area contributed by atoms with Gasteiger partial charge in [0.25, 0.3) is 5.56 Å². The number of thiazole rings is 1. The molecular formula is C26H19ClN2O3S2. The number of fused-ring (bicyclic) bond motifs is 1. The standard InChI is InChI=1S/C26H19ClN2O3S2/c1-16-22(25(31)32-15-17-8-3-2-4-9-17)23(20-12-7-13-33-20)29-24(30)21(34-26(29)28-16)14-18-10-5-6-11-19(18)27/h2-14,23H,15H2,1H3. The van der Waals surface area contributed by atoms with Gasteiger partial charge in [-0.05, 0) is 41.6 Å². The number of carbonyl (C=O) groups excluding carboxylic acids is 1. The van der Waals surface area contributed by atoms with Gasteiger partial charge in [0.2, 0.25) is 0 Å². The van der Waals surface area contributed by atoms with Crippen LogP contribution in [0.1, 0.15) is 29.0 Å². The summed E-state index contributed by atoms with van der Waals surface area (Å²) in [6, 6.07) is 20.1. The van der Waals surface area contributed by atoms with Crippen LogP contribution in [0, 0.1) is 0 Å². The van der Waals surface area contributed by atoms with E-state index in [1.165, 1.54) is 22.7 Å². The van der Waals surface area contributed by atoms with Crippen molar-refractivity contribution < 1.29 is 9.53 Å². The molecule has 0 aliphatic carbocycles. The number of halogens is 1. The molecule has 4 aromatic rings. The third-order valence-electron chi connectivity index (χ3n) is 5.46. The lowest BCUT2D eigenvalue weighted by Gasteiger charge is -2.23. The molecule has 2 aromatic heterocycles. The number of esters is 1. The van der Waals surface area contributed by atoms with E-state index in [9.17, 15) is 9.59 Å². The van der Waals surface area contributed by atoms with Gasteiger partial charge in [0.15, 0.2) is 4.80 Å². The van der Waals surface area contributed by atoms with E-state index in [2.05, 4.69) is 4.99 Å². The Kier molecular flexibility index (Phi) is 6.32. The first kappa shape index (κ1) is 22.5. The molecule has 0 fully saturated rings. The van der Waals surface area contributed by atoms with E-state index in [-0.39, 0.29) is 12.2 Å². The van der Waals surface area contributed by atoms with E-state index in [0.717, 1.165) is 16.0 Å². The van der Waals surface area contributed by atoms with Crippen LogP contribution in [-0.2, 0) is 16.1 Å². The van der Waals surface area contributed by atoms with Gasteiger partial charge in [-0.3, -0.25) is 9.36 Å². The summed E-state index contributed by atoms with van der Waals surface area (Å²) in [5, 5.41) is 2.49. The Balaban J connectivity index is 1.60. The fraction of sp³-hybridized carbons (Fsp3) is 0.115. The number of nitrogens with zero attached hydrogens (tertiary/aromatic N) is 2. The Labute approximate surface area is 208 Å². The van der Waals surface area contributed by atoms with Crippen LogP contribution in [0.3, 0.4) is 0 Å². The van der Waals surface area contributed by atoms with Crippen LogP contribution in [0.15, 0.2) is 93.2 Å². The van der Waals surface area contributed by atoms with Crippen molar-refractivity contribution in [2.24, 2.45) is 4.99 Å². The lowest BCUT2D eigenvalue weighted by Crippen LogP contribution is -2.39. The third-order valence-corrected chi connectivity index (χ3v) is 7.71. The predicted octanol–water partition coefficient (Wildman–Crippen LogP) is 4.69. The molecule has 0 radical (unpaired) electrons. The van der Waals surface area contributed by atoms with Crippen molar-refractivity contribution in [3.63, 3.8) is 0 Å². The highest BCUT2D eigenvalue weighted by atomic mass is 35.5. The summed E-state index contributed by atoms with van der Waals surface area (Å²) < 4.78 is 7.74. The molecule has 3 heterocycles. The lowest BCUT2D eigenvalue weighted by molar-refractivity contribution is -0.140. The van der Waals surface area contributed by atoms with Crippen molar-refractivity contribution in [3.8, 4) is 0 Å². The number of thiophene rings is 1. The van der Waals surface area contributed by atoms with Gasteiger partial charge in [0.1, 0.15) is 12.6 Å². The zero-order chi connectivity index (χ0) is 23.7. The van der Waals surface area contributed by atoms with Crippen molar-refractivity contribution in [1.82, 2.24) is 4.57 Å². The van der Waals surface area contributed by atoms with E-state index in [1.54, 1.807) is 23.6 Å². The Bertz CT molecular complexity index is 1570. The fourth-order valence-electron chi connectivity index (χ4n) is 3.83. The summed E-state index contributed by atoms with van der Waals surface area (Å²) in [5.74, 6) is -0.483. The maximum absolute atomic E-state index is 13.6. The number of aromatic nitrogens is 1. The van der Waals surface area contributed by atoms with Crippen LogP contribution in [0.4, 0.5) is 0 Å². The van der Waals surface area contributed by atoms with Crippen molar-refractivity contribution in [3.05, 3.63) is 124 Å². The third kappa shape index (κ3) is 4.30. The second-order valence-corrected chi connectivity index (χ2v) is 10.1. The van der Waals surface area contributed by atoms with E-state index in [1.807, 2.05) is 66.0 Å². The zero-order valence-corrected chi connectivity index (χ0v) is 20.5. The van der Waals surface area contributed by atoms with Gasteiger partial charge in [-0.25, -0.2) is 9.79 Å². The quantitative estimate of drug-likeness (QED) is 0.369. The number of rotatable bonds is 5. The molecule has 0 bridgehead atoms. The molecule has 0 saturated heterocycles. The molecule has 0 saturated carbocycles. The number of allylic oxidation sites excluding steroid dienone is 1. The zero-order valence-electron chi connectivity index (χ0n) is 18.1. The number of hydrogen-bond donors (Lipinski definition) is 0. The smallest absolute Gasteiger partial charge is 0.338 e. The summed E-state index contributed by atoms with van der Waals surface area (Å²) in [6.45, 7) is 1.93. The van der Waals surface area contributed by atoms with Crippen LogP contribution in [0.5, 0.6) is 0 Å². The van der Waals surface area contributed by atoms with Crippen LogP contribution >= 0.6 is 34.3 Å². The van der Waals surface area contributed by atoms with E-state index in [0.29, 0.717) is 25.6 Å². The van der Waals surface area contributed by atoms with Gasteiger partial charge < -0.3 is 4.74 Å². The monoisotopic (exact) mass is 506 g/mol. The first-order valence-electron chi connectivity index (χ1n) is 10.5. The average Bonchev–Trinajstić information content (AvgIpc) is 3.47. The van der Waals surface area contributed by atoms with Gasteiger partial charge in [-0.1, -0.05) is 77.5 Å². The highest BCUT2D eigenvalue weighted by molar-refractivity contribution is 7.10. The summed E-state index contributed by atoms with van der Waals surface area (Å²) in [4.78, 5) is 32.9. The number of ether oxygens (including phenoxy) is 1. The molecule has 1 aliphatic rings. The van der Waals surface area contributed by atoms with Crippen molar-refractivity contribution in [2.45, 2.75) is 19.6 Å². The molecule has 0 spiro atoms. The van der Waals surface area contributed by atoms with Crippen molar-refractivity contribution in [1.29, 1.82) is 0 Å². The maximum atomic E-state index is 13.6. The molecule has 1 unspecified atom stereocenters. The van der Waals surface area contributed by atoms with Crippen LogP contribution in [0.25, 0.3) is 6.08 Å². The molecule has 1 aliphatic heterocycles.